The second-order valence-corrected chi connectivity index (χ2v) is 5.79. The second kappa shape index (κ2) is 7.74. The molecule has 0 aliphatic carbocycles. The summed E-state index contributed by atoms with van der Waals surface area (Å²) in [4.78, 5) is 12.2. The van der Waals surface area contributed by atoms with E-state index in [2.05, 4.69) is 10.5 Å². The van der Waals surface area contributed by atoms with Crippen LogP contribution in [-0.4, -0.2) is 25.3 Å². The van der Waals surface area contributed by atoms with E-state index in [1.54, 1.807) is 38.5 Å². The molecule has 0 saturated carbocycles. The Morgan fingerprint density at radius 1 is 1.08 bits per heavy atom. The normalized spacial score (nSPS) is 10.4. The minimum absolute atomic E-state index is 0.162. The van der Waals surface area contributed by atoms with Gasteiger partial charge in [0.25, 0.3) is 5.91 Å². The van der Waals surface area contributed by atoms with E-state index in [0.717, 1.165) is 11.1 Å². The molecule has 1 amide bonds. The van der Waals surface area contributed by atoms with Gasteiger partial charge in [0.05, 0.1) is 20.8 Å². The van der Waals surface area contributed by atoms with Crippen LogP contribution < -0.4 is 14.8 Å². The van der Waals surface area contributed by atoms with E-state index >= 15 is 0 Å². The average Bonchev–Trinajstić information content (AvgIpc) is 3.15. The first kappa shape index (κ1) is 17.5. The third-order valence-electron chi connectivity index (χ3n) is 3.98. The molecule has 0 unspecified atom stereocenters. The number of carbonyl (C=O) groups excluding carboxylic acids is 1. The zero-order valence-electron chi connectivity index (χ0n) is 14.9. The summed E-state index contributed by atoms with van der Waals surface area (Å²) in [7, 11) is 3.18. The molecule has 3 rings (SSSR count). The number of hydrogen-bond donors (Lipinski definition) is 1. The van der Waals surface area contributed by atoms with Gasteiger partial charge in [0.2, 0.25) is 0 Å². The SMILES string of the molecule is COc1ccc(-c2cc(CNC(=O)c3ccc(C)cc3)on2)c(OC)c1. The van der Waals surface area contributed by atoms with E-state index in [1.807, 2.05) is 31.2 Å². The molecule has 1 N–H and O–H groups in total. The van der Waals surface area contributed by atoms with Crippen LogP contribution in [0.2, 0.25) is 0 Å². The number of hydrogen-bond acceptors (Lipinski definition) is 5. The molecule has 1 heterocycles. The third-order valence-corrected chi connectivity index (χ3v) is 3.98. The van der Waals surface area contributed by atoms with Crippen LogP contribution in [-0.2, 0) is 6.54 Å². The van der Waals surface area contributed by atoms with E-state index < -0.39 is 0 Å². The number of ether oxygens (including phenoxy) is 2. The number of nitrogens with one attached hydrogen (secondary N) is 1. The van der Waals surface area contributed by atoms with Gasteiger partial charge in [0, 0.05) is 23.3 Å². The van der Waals surface area contributed by atoms with Crippen molar-refractivity contribution in [3.63, 3.8) is 0 Å². The van der Waals surface area contributed by atoms with E-state index in [0.29, 0.717) is 28.5 Å². The number of nitrogens with zero attached hydrogens (tertiary/aromatic N) is 1. The van der Waals surface area contributed by atoms with Gasteiger partial charge in [-0.3, -0.25) is 4.79 Å². The van der Waals surface area contributed by atoms with Crippen molar-refractivity contribution in [1.29, 1.82) is 0 Å². The highest BCUT2D eigenvalue weighted by molar-refractivity contribution is 5.94. The lowest BCUT2D eigenvalue weighted by atomic mass is 10.1. The van der Waals surface area contributed by atoms with Gasteiger partial charge < -0.3 is 19.3 Å². The van der Waals surface area contributed by atoms with E-state index in [4.69, 9.17) is 14.0 Å². The predicted molar refractivity (Wildman–Crippen MR) is 97.4 cm³/mol. The van der Waals surface area contributed by atoms with Gasteiger partial charge in [-0.25, -0.2) is 0 Å². The van der Waals surface area contributed by atoms with Crippen molar-refractivity contribution in [2.24, 2.45) is 0 Å². The van der Waals surface area contributed by atoms with Crippen LogP contribution in [0.15, 0.2) is 53.1 Å². The van der Waals surface area contributed by atoms with Crippen LogP contribution in [0.3, 0.4) is 0 Å². The maximum Gasteiger partial charge on any atom is 0.251 e. The Morgan fingerprint density at radius 2 is 1.85 bits per heavy atom. The Kier molecular flexibility index (Phi) is 5.22. The maximum atomic E-state index is 12.2. The van der Waals surface area contributed by atoms with Crippen molar-refractivity contribution in [1.82, 2.24) is 10.5 Å². The molecule has 0 fully saturated rings. The van der Waals surface area contributed by atoms with Gasteiger partial charge in [-0.05, 0) is 31.2 Å². The van der Waals surface area contributed by atoms with E-state index in [9.17, 15) is 4.79 Å². The molecule has 0 aliphatic heterocycles. The lowest BCUT2D eigenvalue weighted by Crippen LogP contribution is -2.22. The summed E-state index contributed by atoms with van der Waals surface area (Å²) < 4.78 is 15.9. The largest absolute Gasteiger partial charge is 0.497 e. The smallest absolute Gasteiger partial charge is 0.251 e. The van der Waals surface area contributed by atoms with Gasteiger partial charge in [0.1, 0.15) is 17.2 Å². The predicted octanol–water partition coefficient (Wildman–Crippen LogP) is 3.60. The molecule has 3 aromatic rings. The number of benzene rings is 2. The minimum atomic E-state index is -0.162. The number of rotatable bonds is 6. The molecule has 6 nitrogen and oxygen atoms in total. The summed E-state index contributed by atoms with van der Waals surface area (Å²) in [6.07, 6.45) is 0. The number of methoxy groups -OCH3 is 2. The molecule has 0 radical (unpaired) electrons. The fourth-order valence-electron chi connectivity index (χ4n) is 2.51. The second-order valence-electron chi connectivity index (χ2n) is 5.79. The zero-order valence-corrected chi connectivity index (χ0v) is 14.9. The molecule has 0 aliphatic rings. The summed E-state index contributed by atoms with van der Waals surface area (Å²) in [6.45, 7) is 2.23. The third kappa shape index (κ3) is 3.85. The van der Waals surface area contributed by atoms with Gasteiger partial charge in [-0.15, -0.1) is 0 Å². The Bertz CT molecular complexity index is 900. The van der Waals surface area contributed by atoms with Crippen LogP contribution in [0.25, 0.3) is 11.3 Å². The van der Waals surface area contributed by atoms with Crippen LogP contribution in [0.5, 0.6) is 11.5 Å². The molecular weight excluding hydrogens is 332 g/mol. The fourth-order valence-corrected chi connectivity index (χ4v) is 2.51. The highest BCUT2D eigenvalue weighted by Crippen LogP contribution is 2.32. The summed E-state index contributed by atoms with van der Waals surface area (Å²) >= 11 is 0. The number of aromatic nitrogens is 1. The van der Waals surface area contributed by atoms with E-state index in [-0.39, 0.29) is 12.5 Å². The fraction of sp³-hybridized carbons (Fsp3) is 0.200. The van der Waals surface area contributed by atoms with Crippen molar-refractivity contribution < 1.29 is 18.8 Å². The van der Waals surface area contributed by atoms with Crippen LogP contribution in [0, 0.1) is 6.92 Å². The molecule has 26 heavy (non-hydrogen) atoms. The summed E-state index contributed by atoms with van der Waals surface area (Å²) in [5.74, 6) is 1.72. The highest BCUT2D eigenvalue weighted by atomic mass is 16.5. The molecule has 134 valence electrons. The van der Waals surface area contributed by atoms with Gasteiger partial charge >= 0.3 is 0 Å². The Labute approximate surface area is 151 Å². The number of carbonyl (C=O) groups is 1. The lowest BCUT2D eigenvalue weighted by molar-refractivity contribution is 0.0947. The highest BCUT2D eigenvalue weighted by Gasteiger charge is 2.13. The summed E-state index contributed by atoms with van der Waals surface area (Å²) in [5.41, 5.74) is 3.12. The summed E-state index contributed by atoms with van der Waals surface area (Å²) in [6, 6.07) is 14.6. The zero-order chi connectivity index (χ0) is 18.5. The maximum absolute atomic E-state index is 12.2. The minimum Gasteiger partial charge on any atom is -0.497 e. The van der Waals surface area contributed by atoms with Crippen LogP contribution in [0.4, 0.5) is 0 Å². The van der Waals surface area contributed by atoms with Gasteiger partial charge in [-0.2, -0.15) is 0 Å². The van der Waals surface area contributed by atoms with Crippen molar-refractivity contribution in [3.8, 4) is 22.8 Å². The van der Waals surface area contributed by atoms with Crippen LogP contribution in [0.1, 0.15) is 21.7 Å². The topological polar surface area (TPSA) is 73.6 Å². The average molecular weight is 352 g/mol. The number of amides is 1. The molecule has 0 bridgehead atoms. The molecule has 0 saturated heterocycles. The van der Waals surface area contributed by atoms with E-state index in [1.165, 1.54) is 0 Å². The molecule has 6 heteroatoms. The molecule has 0 atom stereocenters. The monoisotopic (exact) mass is 352 g/mol. The Hall–Kier alpha value is -3.28. The van der Waals surface area contributed by atoms with Crippen molar-refractivity contribution in [3.05, 3.63) is 65.4 Å². The number of aryl methyl sites for hydroxylation is 1. The molecule has 2 aromatic carbocycles. The molecule has 0 spiro atoms. The standard InChI is InChI=1S/C20H20N2O4/c1-13-4-6-14(7-5-13)20(23)21-12-16-10-18(22-26-16)17-9-8-15(24-2)11-19(17)25-3/h4-11H,12H2,1-3H3,(H,21,23). The Balaban J connectivity index is 1.70. The van der Waals surface area contributed by atoms with Crippen LogP contribution >= 0.6 is 0 Å². The first-order valence-corrected chi connectivity index (χ1v) is 8.13. The molecular formula is C20H20N2O4. The molecule has 1 aromatic heterocycles. The van der Waals surface area contributed by atoms with Crippen molar-refractivity contribution in [2.75, 3.05) is 14.2 Å². The first-order valence-electron chi connectivity index (χ1n) is 8.13. The van der Waals surface area contributed by atoms with Crippen molar-refractivity contribution >= 4 is 5.91 Å². The first-order chi connectivity index (χ1) is 12.6. The quantitative estimate of drug-likeness (QED) is 0.734. The Morgan fingerprint density at radius 3 is 2.54 bits per heavy atom. The summed E-state index contributed by atoms with van der Waals surface area (Å²) in [5, 5.41) is 6.89. The van der Waals surface area contributed by atoms with Gasteiger partial charge in [0.15, 0.2) is 5.76 Å². The lowest BCUT2D eigenvalue weighted by Gasteiger charge is -2.07. The van der Waals surface area contributed by atoms with Crippen molar-refractivity contribution in [2.45, 2.75) is 13.5 Å². The van der Waals surface area contributed by atoms with Gasteiger partial charge in [-0.1, -0.05) is 22.9 Å².